The van der Waals surface area contributed by atoms with Crippen LogP contribution in [0.25, 0.3) is 33.0 Å². The van der Waals surface area contributed by atoms with Gasteiger partial charge in [0.05, 0.1) is 34.0 Å². The van der Waals surface area contributed by atoms with Crippen LogP contribution in [0.4, 0.5) is 0 Å². The molecule has 2 aromatic carbocycles. The first kappa shape index (κ1) is 24.2. The lowest BCUT2D eigenvalue weighted by Crippen LogP contribution is -2.28. The number of ether oxygens (including phenoxy) is 1. The number of fused-ring (bicyclic) bond motifs is 2. The molecule has 37 heavy (non-hydrogen) atoms. The highest BCUT2D eigenvalue weighted by Gasteiger charge is 2.27. The van der Waals surface area contributed by atoms with Gasteiger partial charge in [0.15, 0.2) is 28.4 Å². The summed E-state index contributed by atoms with van der Waals surface area (Å²) in [6, 6.07) is 3.32. The summed E-state index contributed by atoms with van der Waals surface area (Å²) in [6.45, 7) is 0.0495. The van der Waals surface area contributed by atoms with Crippen molar-refractivity contribution in [1.82, 2.24) is 4.98 Å². The number of pyridine rings is 1. The minimum Gasteiger partial charge on any atom is -0.504 e. The smallest absolute Gasteiger partial charge is 0.342 e. The predicted molar refractivity (Wildman–Crippen MR) is 133 cm³/mol. The molecule has 1 aliphatic rings. The number of H-pyrrole nitrogens is 1. The summed E-state index contributed by atoms with van der Waals surface area (Å²) in [6.07, 6.45) is 5.36. The number of hydrogen-bond donors (Lipinski definition) is 6. The van der Waals surface area contributed by atoms with Crippen LogP contribution in [-0.2, 0) is 4.74 Å². The molecule has 1 saturated carbocycles. The van der Waals surface area contributed by atoms with Crippen LogP contribution in [0.5, 0.6) is 23.0 Å². The molecule has 11 nitrogen and oxygen atoms in total. The highest BCUT2D eigenvalue weighted by atomic mass is 16.5. The van der Waals surface area contributed by atoms with Crippen LogP contribution in [0.15, 0.2) is 44.7 Å². The first-order valence-electron chi connectivity index (χ1n) is 11.7. The molecule has 192 valence electrons. The number of aromatic hydroxyl groups is 4. The Hall–Kier alpha value is -4.51. The zero-order valence-electron chi connectivity index (χ0n) is 19.5. The second-order valence-corrected chi connectivity index (χ2v) is 9.27. The number of aromatic amines is 1. The van der Waals surface area contributed by atoms with Crippen molar-refractivity contribution in [2.45, 2.75) is 31.7 Å². The lowest BCUT2D eigenvalue weighted by molar-refractivity contribution is 0.0404. The second-order valence-electron chi connectivity index (χ2n) is 9.27. The third-order valence-electron chi connectivity index (χ3n) is 6.83. The molecule has 0 spiro atoms. The summed E-state index contributed by atoms with van der Waals surface area (Å²) < 4.78 is 10.9. The molecule has 0 saturated heterocycles. The Labute approximate surface area is 208 Å². The molecule has 5 rings (SSSR count). The van der Waals surface area contributed by atoms with Crippen LogP contribution in [0.1, 0.15) is 36.0 Å². The van der Waals surface area contributed by atoms with Gasteiger partial charge in [-0.3, -0.25) is 9.59 Å². The second kappa shape index (κ2) is 9.17. The minimum absolute atomic E-state index is 0.00677. The van der Waals surface area contributed by atoms with E-state index in [0.717, 1.165) is 50.1 Å². The molecular formula is C26H24N2O9. The molecule has 2 heterocycles. The molecule has 0 atom stereocenters. The molecule has 7 N–H and O–H groups in total. The maximum atomic E-state index is 13.6. The summed E-state index contributed by atoms with van der Waals surface area (Å²) in [7, 11) is 0. The Kier molecular flexibility index (Phi) is 6.00. The van der Waals surface area contributed by atoms with Gasteiger partial charge in [-0.05, 0) is 37.7 Å². The first-order valence-corrected chi connectivity index (χ1v) is 11.7. The van der Waals surface area contributed by atoms with Crippen molar-refractivity contribution in [3.8, 4) is 34.1 Å². The van der Waals surface area contributed by atoms with Gasteiger partial charge in [0, 0.05) is 24.4 Å². The molecular weight excluding hydrogens is 484 g/mol. The maximum Gasteiger partial charge on any atom is 0.342 e. The van der Waals surface area contributed by atoms with Gasteiger partial charge in [-0.2, -0.15) is 0 Å². The Bertz CT molecular complexity index is 1660. The van der Waals surface area contributed by atoms with Crippen LogP contribution >= 0.6 is 0 Å². The van der Waals surface area contributed by atoms with E-state index >= 15 is 0 Å². The zero-order valence-corrected chi connectivity index (χ0v) is 19.5. The number of phenolic OH excluding ortho intramolecular Hbond substituents is 4. The lowest BCUT2D eigenvalue weighted by atomic mass is 9.87. The number of carbonyl (C=O) groups excluding carboxylic acids is 1. The maximum absolute atomic E-state index is 13.6. The number of rotatable bonds is 4. The number of carbonyl (C=O) groups is 1. The molecule has 4 aromatic rings. The molecule has 0 amide bonds. The number of benzene rings is 2. The van der Waals surface area contributed by atoms with E-state index in [1.54, 1.807) is 0 Å². The zero-order chi connectivity index (χ0) is 26.4. The van der Waals surface area contributed by atoms with Gasteiger partial charge in [-0.25, -0.2) is 4.79 Å². The van der Waals surface area contributed by atoms with Crippen molar-refractivity contribution in [3.05, 3.63) is 56.7 Å². The van der Waals surface area contributed by atoms with Gasteiger partial charge in [-0.15, -0.1) is 0 Å². The number of hydrogen-bond acceptors (Lipinski definition) is 10. The Morgan fingerprint density at radius 1 is 0.973 bits per heavy atom. The summed E-state index contributed by atoms with van der Waals surface area (Å²) in [5.41, 5.74) is 3.51. The van der Waals surface area contributed by atoms with Gasteiger partial charge in [0.2, 0.25) is 5.43 Å². The molecule has 1 fully saturated rings. The van der Waals surface area contributed by atoms with Crippen molar-refractivity contribution in [1.29, 1.82) is 0 Å². The van der Waals surface area contributed by atoms with Crippen molar-refractivity contribution >= 4 is 27.8 Å². The van der Waals surface area contributed by atoms with Crippen LogP contribution in [0, 0.1) is 5.92 Å². The quantitative estimate of drug-likeness (QED) is 0.176. The third-order valence-corrected chi connectivity index (χ3v) is 6.83. The number of phenols is 4. The van der Waals surface area contributed by atoms with E-state index in [2.05, 4.69) is 4.98 Å². The van der Waals surface area contributed by atoms with Crippen LogP contribution < -0.4 is 16.6 Å². The Morgan fingerprint density at radius 3 is 2.41 bits per heavy atom. The SMILES string of the molecule is NC1CCC(COC(=O)c2c(O)c(O)cc3occ(-c4c[nH]c5cc(O)c(O)cc5c4=O)c(=O)c23)CC1. The summed E-state index contributed by atoms with van der Waals surface area (Å²) in [4.78, 5) is 42.5. The Balaban J connectivity index is 1.61. The van der Waals surface area contributed by atoms with E-state index in [1.165, 1.54) is 6.20 Å². The summed E-state index contributed by atoms with van der Waals surface area (Å²) in [5, 5.41) is 39.8. The fourth-order valence-electron chi connectivity index (χ4n) is 4.71. The number of aromatic nitrogens is 1. The van der Waals surface area contributed by atoms with Crippen molar-refractivity contribution in [2.24, 2.45) is 11.7 Å². The standard InChI is InChI=1S/C26H24N2O9/c27-12-3-1-11(2-4-12)9-37-26(35)22-21-20(7-19(31)25(22)34)36-10-15(24(21)33)14-8-28-16-6-18(30)17(29)5-13(16)23(14)32/h5-8,10-12,29-31,34H,1-4,9,27H2,(H,28,32). The van der Waals surface area contributed by atoms with E-state index < -0.39 is 45.4 Å². The average molecular weight is 508 g/mol. The van der Waals surface area contributed by atoms with E-state index in [1.807, 2.05) is 0 Å². The number of nitrogens with one attached hydrogen (secondary N) is 1. The van der Waals surface area contributed by atoms with E-state index in [4.69, 9.17) is 14.9 Å². The average Bonchev–Trinajstić information content (AvgIpc) is 2.87. The molecule has 1 aliphatic carbocycles. The topological polar surface area (TPSA) is 196 Å². The van der Waals surface area contributed by atoms with Gasteiger partial charge in [-0.1, -0.05) is 0 Å². The third kappa shape index (κ3) is 4.23. The Morgan fingerprint density at radius 2 is 1.68 bits per heavy atom. The van der Waals surface area contributed by atoms with E-state index in [9.17, 15) is 34.8 Å². The molecule has 2 aromatic heterocycles. The molecule has 0 unspecified atom stereocenters. The predicted octanol–water partition coefficient (Wildman–Crippen LogP) is 2.80. The normalized spacial score (nSPS) is 17.8. The number of nitrogens with two attached hydrogens (primary N) is 1. The van der Waals surface area contributed by atoms with E-state index in [-0.39, 0.29) is 51.6 Å². The van der Waals surface area contributed by atoms with Crippen molar-refractivity contribution in [3.63, 3.8) is 0 Å². The first-order chi connectivity index (χ1) is 17.7. The lowest BCUT2D eigenvalue weighted by Gasteiger charge is -2.25. The van der Waals surface area contributed by atoms with Gasteiger partial charge in [0.1, 0.15) is 17.4 Å². The van der Waals surface area contributed by atoms with Gasteiger partial charge in [0.25, 0.3) is 0 Å². The highest BCUT2D eigenvalue weighted by molar-refractivity contribution is 6.07. The summed E-state index contributed by atoms with van der Waals surface area (Å²) in [5.74, 6) is -3.43. The molecule has 0 radical (unpaired) electrons. The molecule has 0 aliphatic heterocycles. The molecule has 0 bridgehead atoms. The highest BCUT2D eigenvalue weighted by Crippen LogP contribution is 2.36. The summed E-state index contributed by atoms with van der Waals surface area (Å²) >= 11 is 0. The van der Waals surface area contributed by atoms with Crippen LogP contribution in [0.2, 0.25) is 0 Å². The van der Waals surface area contributed by atoms with Gasteiger partial charge >= 0.3 is 5.97 Å². The van der Waals surface area contributed by atoms with E-state index in [0.29, 0.717) is 0 Å². The minimum atomic E-state index is -1.02. The van der Waals surface area contributed by atoms with Crippen molar-refractivity contribution in [2.75, 3.05) is 6.61 Å². The van der Waals surface area contributed by atoms with Crippen molar-refractivity contribution < 1.29 is 34.4 Å². The number of esters is 1. The van der Waals surface area contributed by atoms with Crippen LogP contribution in [0.3, 0.4) is 0 Å². The molecule has 11 heteroatoms. The monoisotopic (exact) mass is 508 g/mol. The fraction of sp³-hybridized carbons (Fsp3) is 0.269. The largest absolute Gasteiger partial charge is 0.504 e. The fourth-order valence-corrected chi connectivity index (χ4v) is 4.71. The van der Waals surface area contributed by atoms with Crippen LogP contribution in [-0.4, -0.2) is 44.0 Å². The van der Waals surface area contributed by atoms with Gasteiger partial charge < -0.3 is 40.3 Å².